The fourth-order valence-electron chi connectivity index (χ4n) is 1.52. The summed E-state index contributed by atoms with van der Waals surface area (Å²) in [4.78, 5) is 25.9. The quantitative estimate of drug-likeness (QED) is 0.480. The largest absolute Gasteiger partial charge is 0.322 e. The lowest BCUT2D eigenvalue weighted by molar-refractivity contribution is -0.385. The van der Waals surface area contributed by atoms with E-state index in [4.69, 9.17) is 23.2 Å². The monoisotopic (exact) mass is 389 g/mol. The van der Waals surface area contributed by atoms with Crippen molar-refractivity contribution < 1.29 is 9.72 Å². The summed E-state index contributed by atoms with van der Waals surface area (Å²) >= 11 is 14.7. The van der Waals surface area contributed by atoms with Crippen LogP contribution >= 0.6 is 39.1 Å². The Labute approximate surface area is 137 Å². The molecule has 1 N–H and O–H groups in total. The molecule has 0 aliphatic carbocycles. The van der Waals surface area contributed by atoms with Gasteiger partial charge in [0.2, 0.25) is 0 Å². The van der Waals surface area contributed by atoms with Gasteiger partial charge < -0.3 is 5.32 Å². The van der Waals surface area contributed by atoms with Crippen LogP contribution in [0, 0.1) is 10.1 Å². The van der Waals surface area contributed by atoms with Crippen molar-refractivity contribution in [2.75, 3.05) is 5.32 Å². The lowest BCUT2D eigenvalue weighted by atomic mass is 10.2. The third-order valence-electron chi connectivity index (χ3n) is 2.47. The number of pyridine rings is 1. The van der Waals surface area contributed by atoms with Crippen LogP contribution < -0.4 is 5.32 Å². The molecule has 0 aliphatic rings. The Morgan fingerprint density at radius 2 is 2.05 bits per heavy atom. The van der Waals surface area contributed by atoms with Crippen molar-refractivity contribution in [1.29, 1.82) is 0 Å². The molecular formula is C12H6BrCl2N3O3. The maximum Gasteiger partial charge on any atom is 0.300 e. The molecule has 0 bridgehead atoms. The zero-order chi connectivity index (χ0) is 15.6. The molecule has 9 heteroatoms. The Kier molecular flexibility index (Phi) is 4.76. The van der Waals surface area contributed by atoms with Crippen molar-refractivity contribution >= 4 is 56.4 Å². The van der Waals surface area contributed by atoms with E-state index in [1.807, 2.05) is 0 Å². The third-order valence-corrected chi connectivity index (χ3v) is 3.89. The molecule has 2 rings (SSSR count). The summed E-state index contributed by atoms with van der Waals surface area (Å²) in [5.74, 6) is -0.666. The van der Waals surface area contributed by atoms with Crippen LogP contribution in [-0.2, 0) is 0 Å². The Balaban J connectivity index is 2.34. The third kappa shape index (κ3) is 3.69. The predicted molar refractivity (Wildman–Crippen MR) is 83.0 cm³/mol. The van der Waals surface area contributed by atoms with E-state index in [0.29, 0.717) is 15.2 Å². The zero-order valence-electron chi connectivity index (χ0n) is 10.1. The summed E-state index contributed by atoms with van der Waals surface area (Å²) in [6, 6.07) is 5.86. The fraction of sp³-hybridized carbons (Fsp3) is 0. The van der Waals surface area contributed by atoms with Gasteiger partial charge in [0.25, 0.3) is 11.6 Å². The van der Waals surface area contributed by atoms with Gasteiger partial charge in [-0.25, -0.2) is 4.98 Å². The molecule has 0 atom stereocenters. The van der Waals surface area contributed by atoms with E-state index in [0.717, 1.165) is 12.3 Å². The molecular weight excluding hydrogens is 385 g/mol. The second-order valence-corrected chi connectivity index (χ2v) is 5.51. The summed E-state index contributed by atoms with van der Waals surface area (Å²) in [6.45, 7) is 0. The maximum absolute atomic E-state index is 12.1. The number of nitro groups is 1. The van der Waals surface area contributed by atoms with E-state index < -0.39 is 16.5 Å². The van der Waals surface area contributed by atoms with Crippen LogP contribution in [0.15, 0.2) is 34.9 Å². The van der Waals surface area contributed by atoms with Gasteiger partial charge in [0.05, 0.1) is 9.95 Å². The number of anilines is 1. The van der Waals surface area contributed by atoms with Gasteiger partial charge in [-0.05, 0) is 40.2 Å². The molecule has 0 saturated heterocycles. The Bertz CT molecular complexity index is 740. The molecule has 6 nitrogen and oxygen atoms in total. The number of benzene rings is 1. The number of carbonyl (C=O) groups is 1. The molecule has 0 fully saturated rings. The molecule has 21 heavy (non-hydrogen) atoms. The van der Waals surface area contributed by atoms with Gasteiger partial charge >= 0.3 is 0 Å². The van der Waals surface area contributed by atoms with Crippen molar-refractivity contribution in [3.8, 4) is 0 Å². The second kappa shape index (κ2) is 6.38. The van der Waals surface area contributed by atoms with E-state index >= 15 is 0 Å². The van der Waals surface area contributed by atoms with E-state index in [2.05, 4.69) is 26.2 Å². The predicted octanol–water partition coefficient (Wildman–Crippen LogP) is 4.31. The van der Waals surface area contributed by atoms with Crippen molar-refractivity contribution in [3.63, 3.8) is 0 Å². The zero-order valence-corrected chi connectivity index (χ0v) is 13.2. The topological polar surface area (TPSA) is 85.1 Å². The van der Waals surface area contributed by atoms with Crippen molar-refractivity contribution in [1.82, 2.24) is 4.98 Å². The van der Waals surface area contributed by atoms with Crippen LogP contribution in [0.5, 0.6) is 0 Å². The summed E-state index contributed by atoms with van der Waals surface area (Å²) in [6.07, 6.45) is 0.940. The molecule has 1 heterocycles. The average molecular weight is 391 g/mol. The summed E-state index contributed by atoms with van der Waals surface area (Å²) < 4.78 is 0.587. The number of aromatic nitrogens is 1. The lowest BCUT2D eigenvalue weighted by Gasteiger charge is -2.07. The van der Waals surface area contributed by atoms with E-state index in [-0.39, 0.29) is 10.7 Å². The molecule has 108 valence electrons. The number of hydrogen-bond acceptors (Lipinski definition) is 4. The van der Waals surface area contributed by atoms with Crippen LogP contribution in [0.3, 0.4) is 0 Å². The molecule has 1 aromatic carbocycles. The highest BCUT2D eigenvalue weighted by molar-refractivity contribution is 9.10. The molecule has 0 spiro atoms. The minimum Gasteiger partial charge on any atom is -0.322 e. The average Bonchev–Trinajstić information content (AvgIpc) is 2.42. The lowest BCUT2D eigenvalue weighted by Crippen LogP contribution is -2.14. The van der Waals surface area contributed by atoms with E-state index in [1.165, 1.54) is 0 Å². The summed E-state index contributed by atoms with van der Waals surface area (Å²) in [5.41, 5.74) is -0.172. The minimum absolute atomic E-state index is 0.0111. The van der Waals surface area contributed by atoms with Gasteiger partial charge in [-0.2, -0.15) is 0 Å². The number of carbonyl (C=O) groups excluding carboxylic acids is 1. The SMILES string of the molecule is O=C(Nc1ccc(Cl)c(Br)c1)c1cc(Cl)ncc1[N+](=O)[O-]. The van der Waals surface area contributed by atoms with E-state index in [9.17, 15) is 14.9 Å². The molecule has 1 aromatic heterocycles. The van der Waals surface area contributed by atoms with Gasteiger partial charge in [0.15, 0.2) is 0 Å². The van der Waals surface area contributed by atoms with Crippen LogP contribution in [0.25, 0.3) is 0 Å². The van der Waals surface area contributed by atoms with Gasteiger partial charge in [-0.15, -0.1) is 0 Å². The van der Waals surface area contributed by atoms with Crippen LogP contribution in [0.4, 0.5) is 11.4 Å². The number of nitrogens with zero attached hydrogens (tertiary/aromatic N) is 2. The van der Waals surface area contributed by atoms with Crippen LogP contribution in [-0.4, -0.2) is 15.8 Å². The first kappa shape index (κ1) is 15.7. The smallest absolute Gasteiger partial charge is 0.300 e. The molecule has 0 saturated carbocycles. The minimum atomic E-state index is -0.698. The van der Waals surface area contributed by atoms with Gasteiger partial charge in [0, 0.05) is 10.2 Å². The molecule has 2 aromatic rings. The summed E-state index contributed by atoms with van der Waals surface area (Å²) in [5, 5.41) is 13.9. The van der Waals surface area contributed by atoms with Crippen molar-refractivity contribution in [2.45, 2.75) is 0 Å². The number of halogens is 3. The summed E-state index contributed by atoms with van der Waals surface area (Å²) in [7, 11) is 0. The Morgan fingerprint density at radius 3 is 2.67 bits per heavy atom. The number of rotatable bonds is 3. The highest BCUT2D eigenvalue weighted by Crippen LogP contribution is 2.27. The number of nitrogens with one attached hydrogen (secondary N) is 1. The normalized spacial score (nSPS) is 10.2. The first-order valence-electron chi connectivity index (χ1n) is 5.45. The van der Waals surface area contributed by atoms with Gasteiger partial charge in [0.1, 0.15) is 16.9 Å². The first-order chi connectivity index (χ1) is 9.88. The molecule has 1 amide bonds. The van der Waals surface area contributed by atoms with Crippen molar-refractivity contribution in [2.24, 2.45) is 0 Å². The molecule has 0 unspecified atom stereocenters. The van der Waals surface area contributed by atoms with Crippen LogP contribution in [0.2, 0.25) is 10.2 Å². The second-order valence-electron chi connectivity index (χ2n) is 3.86. The van der Waals surface area contributed by atoms with Crippen LogP contribution in [0.1, 0.15) is 10.4 Å². The number of hydrogen-bond donors (Lipinski definition) is 1. The highest BCUT2D eigenvalue weighted by atomic mass is 79.9. The molecule has 0 aliphatic heterocycles. The number of amides is 1. The van der Waals surface area contributed by atoms with Crippen molar-refractivity contribution in [3.05, 3.63) is 60.8 Å². The van der Waals surface area contributed by atoms with Gasteiger partial charge in [-0.3, -0.25) is 14.9 Å². The Hall–Kier alpha value is -1.70. The van der Waals surface area contributed by atoms with Gasteiger partial charge in [-0.1, -0.05) is 23.2 Å². The Morgan fingerprint density at radius 1 is 1.33 bits per heavy atom. The standard InChI is InChI=1S/C12H6BrCl2N3O3/c13-8-3-6(1-2-9(8)14)17-12(19)7-4-11(15)16-5-10(7)18(20)21/h1-5H,(H,17,19). The first-order valence-corrected chi connectivity index (χ1v) is 6.99. The fourth-order valence-corrected chi connectivity index (χ4v) is 2.18. The maximum atomic E-state index is 12.1. The highest BCUT2D eigenvalue weighted by Gasteiger charge is 2.21. The van der Waals surface area contributed by atoms with E-state index in [1.54, 1.807) is 18.2 Å². The molecule has 0 radical (unpaired) electrons.